The number of likely N-dealkylation sites (tertiary alicyclic amines) is 1. The number of benzene rings is 1. The van der Waals surface area contributed by atoms with Crippen LogP contribution in [0.1, 0.15) is 34.9 Å². The predicted molar refractivity (Wildman–Crippen MR) is 98.7 cm³/mol. The molecular formula is C18H21BrN4O2. The molecule has 1 aliphatic heterocycles. The molecule has 2 aromatic rings. The third-order valence-corrected chi connectivity index (χ3v) is 4.77. The lowest BCUT2D eigenvalue weighted by Crippen LogP contribution is -2.47. The van der Waals surface area contributed by atoms with Crippen LogP contribution in [0.2, 0.25) is 0 Å². The van der Waals surface area contributed by atoms with E-state index in [0.717, 1.165) is 36.0 Å². The number of aromatic nitrogens is 1. The van der Waals surface area contributed by atoms with Crippen molar-refractivity contribution in [3.05, 3.63) is 58.3 Å². The van der Waals surface area contributed by atoms with Crippen molar-refractivity contribution in [3.8, 4) is 0 Å². The molecule has 3 rings (SSSR count). The average molecular weight is 405 g/mol. The number of halogens is 1. The van der Waals surface area contributed by atoms with Gasteiger partial charge in [-0.2, -0.15) is 0 Å². The molecule has 0 spiro atoms. The molecule has 1 aromatic heterocycles. The molecule has 0 aliphatic carbocycles. The molecule has 7 heteroatoms. The van der Waals surface area contributed by atoms with E-state index in [4.69, 9.17) is 0 Å². The molecule has 2 N–H and O–H groups in total. The van der Waals surface area contributed by atoms with Crippen LogP contribution in [0, 0.1) is 0 Å². The van der Waals surface area contributed by atoms with Gasteiger partial charge in [0.2, 0.25) is 5.91 Å². The first-order valence-electron chi connectivity index (χ1n) is 8.28. The SMILES string of the molecule is Cn1cc(Br)cc1C(=O)NN[C@H](C(=O)N1CCCC1)c1ccccc1. The van der Waals surface area contributed by atoms with Crippen LogP contribution >= 0.6 is 15.9 Å². The van der Waals surface area contributed by atoms with Gasteiger partial charge in [-0.15, -0.1) is 0 Å². The van der Waals surface area contributed by atoms with Gasteiger partial charge in [0.1, 0.15) is 11.7 Å². The molecule has 132 valence electrons. The lowest BCUT2D eigenvalue weighted by molar-refractivity contribution is -0.132. The summed E-state index contributed by atoms with van der Waals surface area (Å²) in [4.78, 5) is 27.1. The number of rotatable bonds is 5. The molecule has 1 aromatic carbocycles. The van der Waals surface area contributed by atoms with Crippen LogP contribution in [-0.2, 0) is 11.8 Å². The van der Waals surface area contributed by atoms with E-state index in [1.165, 1.54) is 0 Å². The maximum Gasteiger partial charge on any atom is 0.282 e. The number of hydrogen-bond donors (Lipinski definition) is 2. The van der Waals surface area contributed by atoms with Gasteiger partial charge >= 0.3 is 0 Å². The number of nitrogens with zero attached hydrogens (tertiary/aromatic N) is 2. The largest absolute Gasteiger partial charge is 0.345 e. The summed E-state index contributed by atoms with van der Waals surface area (Å²) in [6.45, 7) is 1.53. The van der Waals surface area contributed by atoms with Gasteiger partial charge in [0.05, 0.1) is 0 Å². The van der Waals surface area contributed by atoms with Crippen LogP contribution in [0.5, 0.6) is 0 Å². The maximum atomic E-state index is 12.9. The van der Waals surface area contributed by atoms with Gasteiger partial charge in [-0.3, -0.25) is 15.0 Å². The molecule has 6 nitrogen and oxygen atoms in total. The van der Waals surface area contributed by atoms with E-state index in [1.54, 1.807) is 23.9 Å². The maximum absolute atomic E-state index is 12.9. The second kappa shape index (κ2) is 7.84. The highest BCUT2D eigenvalue weighted by atomic mass is 79.9. The van der Waals surface area contributed by atoms with Gasteiger partial charge < -0.3 is 9.47 Å². The Labute approximate surface area is 155 Å². The Morgan fingerprint density at radius 3 is 2.44 bits per heavy atom. The third-order valence-electron chi connectivity index (χ3n) is 4.33. The van der Waals surface area contributed by atoms with Gasteiger partial charge in [0.15, 0.2) is 0 Å². The highest BCUT2D eigenvalue weighted by Gasteiger charge is 2.28. The molecular weight excluding hydrogens is 384 g/mol. The zero-order valence-corrected chi connectivity index (χ0v) is 15.6. The Bertz CT molecular complexity index is 754. The molecule has 1 aliphatic rings. The van der Waals surface area contributed by atoms with E-state index in [9.17, 15) is 9.59 Å². The van der Waals surface area contributed by atoms with Crippen molar-refractivity contribution in [1.29, 1.82) is 0 Å². The van der Waals surface area contributed by atoms with Crippen LogP contribution in [0.4, 0.5) is 0 Å². The second-order valence-electron chi connectivity index (χ2n) is 6.13. The monoisotopic (exact) mass is 404 g/mol. The van der Waals surface area contributed by atoms with E-state index in [0.29, 0.717) is 5.69 Å². The molecule has 2 amide bonds. The van der Waals surface area contributed by atoms with Crippen LogP contribution < -0.4 is 10.9 Å². The fraction of sp³-hybridized carbons (Fsp3) is 0.333. The van der Waals surface area contributed by atoms with Crippen LogP contribution in [0.25, 0.3) is 0 Å². The van der Waals surface area contributed by atoms with E-state index in [-0.39, 0.29) is 11.8 Å². The van der Waals surface area contributed by atoms with Gasteiger partial charge in [0.25, 0.3) is 5.91 Å². The fourth-order valence-electron chi connectivity index (χ4n) is 3.00. The molecule has 0 radical (unpaired) electrons. The number of aryl methyl sites for hydroxylation is 1. The Kier molecular flexibility index (Phi) is 5.55. The van der Waals surface area contributed by atoms with Gasteiger partial charge in [-0.1, -0.05) is 30.3 Å². The number of hydrazine groups is 1. The van der Waals surface area contributed by atoms with E-state index in [1.807, 2.05) is 35.2 Å². The van der Waals surface area contributed by atoms with E-state index in [2.05, 4.69) is 26.8 Å². The fourth-order valence-corrected chi connectivity index (χ4v) is 3.53. The third kappa shape index (κ3) is 4.11. The average Bonchev–Trinajstić information content (AvgIpc) is 3.25. The highest BCUT2D eigenvalue weighted by Crippen LogP contribution is 2.19. The van der Waals surface area contributed by atoms with E-state index < -0.39 is 6.04 Å². The quantitative estimate of drug-likeness (QED) is 0.751. The summed E-state index contributed by atoms with van der Waals surface area (Å²) in [6, 6.07) is 10.6. The molecule has 1 fully saturated rings. The Morgan fingerprint density at radius 1 is 1.16 bits per heavy atom. The number of nitrogens with one attached hydrogen (secondary N) is 2. The lowest BCUT2D eigenvalue weighted by Gasteiger charge is -2.24. The van der Waals surface area contributed by atoms with Gasteiger partial charge in [-0.25, -0.2) is 5.43 Å². The zero-order valence-electron chi connectivity index (χ0n) is 14.0. The first-order valence-corrected chi connectivity index (χ1v) is 9.07. The highest BCUT2D eigenvalue weighted by molar-refractivity contribution is 9.10. The van der Waals surface area contributed by atoms with Gasteiger partial charge in [0, 0.05) is 30.8 Å². The first kappa shape index (κ1) is 17.7. The molecule has 25 heavy (non-hydrogen) atoms. The van der Waals surface area contributed by atoms with Gasteiger partial charge in [-0.05, 0) is 40.4 Å². The van der Waals surface area contributed by atoms with Crippen molar-refractivity contribution < 1.29 is 9.59 Å². The van der Waals surface area contributed by atoms with Crippen molar-refractivity contribution in [2.24, 2.45) is 7.05 Å². The van der Waals surface area contributed by atoms with Crippen molar-refractivity contribution in [2.75, 3.05) is 13.1 Å². The molecule has 1 atom stereocenters. The smallest absolute Gasteiger partial charge is 0.282 e. The van der Waals surface area contributed by atoms with Crippen LogP contribution in [-0.4, -0.2) is 34.4 Å². The minimum atomic E-state index is -0.605. The molecule has 0 bridgehead atoms. The summed E-state index contributed by atoms with van der Waals surface area (Å²) in [5, 5.41) is 0. The van der Waals surface area contributed by atoms with Crippen molar-refractivity contribution in [3.63, 3.8) is 0 Å². The van der Waals surface area contributed by atoms with Crippen LogP contribution in [0.3, 0.4) is 0 Å². The predicted octanol–water partition coefficient (Wildman–Crippen LogP) is 2.39. The number of amides is 2. The summed E-state index contributed by atoms with van der Waals surface area (Å²) < 4.78 is 2.55. The Balaban J connectivity index is 1.74. The van der Waals surface area contributed by atoms with Crippen molar-refractivity contribution in [1.82, 2.24) is 20.3 Å². The zero-order chi connectivity index (χ0) is 17.8. The topological polar surface area (TPSA) is 66.4 Å². The standard InChI is InChI=1S/C18H21BrN4O2/c1-22-12-14(19)11-15(22)17(24)21-20-16(13-7-3-2-4-8-13)18(25)23-9-5-6-10-23/h2-4,7-8,11-12,16,20H,5-6,9-10H2,1H3,(H,21,24)/t16-/m0/s1. The summed E-state index contributed by atoms with van der Waals surface area (Å²) in [5.74, 6) is -0.305. The Morgan fingerprint density at radius 2 is 1.84 bits per heavy atom. The second-order valence-corrected chi connectivity index (χ2v) is 7.04. The number of hydrogen-bond acceptors (Lipinski definition) is 3. The number of carbonyl (C=O) groups excluding carboxylic acids is 2. The van der Waals surface area contributed by atoms with Crippen LogP contribution in [0.15, 0.2) is 47.1 Å². The normalized spacial score (nSPS) is 15.2. The summed E-state index contributed by atoms with van der Waals surface area (Å²) >= 11 is 3.35. The van der Waals surface area contributed by atoms with Crippen molar-refractivity contribution in [2.45, 2.75) is 18.9 Å². The first-order chi connectivity index (χ1) is 12.1. The van der Waals surface area contributed by atoms with E-state index >= 15 is 0 Å². The Hall–Kier alpha value is -2.12. The molecule has 0 saturated carbocycles. The number of carbonyl (C=O) groups is 2. The lowest BCUT2D eigenvalue weighted by atomic mass is 10.1. The molecule has 0 unspecified atom stereocenters. The summed E-state index contributed by atoms with van der Waals surface area (Å²) in [7, 11) is 1.80. The molecule has 1 saturated heterocycles. The summed E-state index contributed by atoms with van der Waals surface area (Å²) in [5.41, 5.74) is 6.93. The summed E-state index contributed by atoms with van der Waals surface area (Å²) in [6.07, 6.45) is 3.85. The van der Waals surface area contributed by atoms with Crippen molar-refractivity contribution >= 4 is 27.7 Å². The minimum absolute atomic E-state index is 0.0166. The minimum Gasteiger partial charge on any atom is -0.345 e. The molecule has 2 heterocycles.